The predicted octanol–water partition coefficient (Wildman–Crippen LogP) is 3.55. The Bertz CT molecular complexity index is 714. The second kappa shape index (κ2) is 6.60. The van der Waals surface area contributed by atoms with Gasteiger partial charge in [-0.15, -0.1) is 11.6 Å². The van der Waals surface area contributed by atoms with Gasteiger partial charge in [-0.3, -0.25) is 0 Å². The lowest BCUT2D eigenvalue weighted by atomic mass is 10.1. The Balaban J connectivity index is 2.29. The number of rotatable bonds is 5. The average Bonchev–Trinajstić information content (AvgIpc) is 2.48. The summed E-state index contributed by atoms with van der Waals surface area (Å²) in [6, 6.07) is 14.6. The maximum absolute atomic E-state index is 12.6. The van der Waals surface area contributed by atoms with Crippen LogP contribution in [0.2, 0.25) is 0 Å². The summed E-state index contributed by atoms with van der Waals surface area (Å²) < 4.78 is 26.5. The molecule has 0 bridgehead atoms. The van der Waals surface area contributed by atoms with Gasteiger partial charge in [-0.1, -0.05) is 36.4 Å². The van der Waals surface area contributed by atoms with Gasteiger partial charge >= 0.3 is 0 Å². The smallest absolute Gasteiger partial charge is 0.207 e. The summed E-state index contributed by atoms with van der Waals surface area (Å²) in [7, 11) is -1.93. The maximum Gasteiger partial charge on any atom is 0.243 e. The van der Waals surface area contributed by atoms with Gasteiger partial charge in [-0.05, 0) is 35.7 Å². The van der Waals surface area contributed by atoms with Crippen LogP contribution in [0.4, 0.5) is 0 Å². The quantitative estimate of drug-likeness (QED) is 0.789. The third kappa shape index (κ3) is 3.64. The van der Waals surface area contributed by atoms with E-state index in [0.29, 0.717) is 12.4 Å². The number of sulfonamides is 1. The van der Waals surface area contributed by atoms with Crippen LogP contribution < -0.4 is 0 Å². The van der Waals surface area contributed by atoms with Crippen LogP contribution in [-0.4, -0.2) is 19.8 Å². The Labute approximate surface area is 131 Å². The van der Waals surface area contributed by atoms with Gasteiger partial charge in [0.25, 0.3) is 0 Å². The van der Waals surface area contributed by atoms with Crippen LogP contribution >= 0.6 is 11.6 Å². The predicted molar refractivity (Wildman–Crippen MR) is 85.8 cm³/mol. The Morgan fingerprint density at radius 2 is 1.76 bits per heavy atom. The van der Waals surface area contributed by atoms with Crippen LogP contribution in [0.15, 0.2) is 53.4 Å². The van der Waals surface area contributed by atoms with E-state index in [-0.39, 0.29) is 4.90 Å². The molecule has 0 spiro atoms. The zero-order valence-corrected chi connectivity index (χ0v) is 13.7. The Morgan fingerprint density at radius 1 is 1.10 bits per heavy atom. The number of hydrogen-bond donors (Lipinski definition) is 0. The number of aryl methyl sites for hydroxylation is 1. The van der Waals surface area contributed by atoms with Crippen LogP contribution in [-0.2, 0) is 22.4 Å². The van der Waals surface area contributed by atoms with Crippen molar-refractivity contribution in [2.75, 3.05) is 7.05 Å². The Morgan fingerprint density at radius 3 is 2.38 bits per heavy atom. The van der Waals surface area contributed by atoms with E-state index in [9.17, 15) is 8.42 Å². The third-order valence-corrected chi connectivity index (χ3v) is 5.51. The van der Waals surface area contributed by atoms with Crippen molar-refractivity contribution in [3.8, 4) is 0 Å². The van der Waals surface area contributed by atoms with E-state index in [1.807, 2.05) is 37.3 Å². The Kier molecular flexibility index (Phi) is 5.04. The number of nitrogens with zero attached hydrogens (tertiary/aromatic N) is 1. The highest BCUT2D eigenvalue weighted by Gasteiger charge is 2.21. The minimum Gasteiger partial charge on any atom is -0.207 e. The molecule has 3 nitrogen and oxygen atoms in total. The van der Waals surface area contributed by atoms with E-state index in [1.54, 1.807) is 25.2 Å². The fraction of sp³-hybridized carbons (Fsp3) is 0.250. The van der Waals surface area contributed by atoms with Gasteiger partial charge in [0, 0.05) is 19.5 Å². The molecule has 0 aliphatic heterocycles. The van der Waals surface area contributed by atoms with Crippen LogP contribution in [0, 0.1) is 6.92 Å². The summed E-state index contributed by atoms with van der Waals surface area (Å²) in [4.78, 5) is 0.280. The lowest BCUT2D eigenvalue weighted by Crippen LogP contribution is -2.26. The first-order chi connectivity index (χ1) is 9.95. The number of benzene rings is 2. The van der Waals surface area contributed by atoms with E-state index < -0.39 is 10.0 Å². The number of hydrogen-bond acceptors (Lipinski definition) is 2. The topological polar surface area (TPSA) is 37.4 Å². The molecule has 5 heteroatoms. The fourth-order valence-corrected chi connectivity index (χ4v) is 3.56. The molecule has 2 aromatic carbocycles. The highest BCUT2D eigenvalue weighted by Crippen LogP contribution is 2.21. The molecule has 21 heavy (non-hydrogen) atoms. The van der Waals surface area contributed by atoms with Crippen LogP contribution in [0.25, 0.3) is 0 Å². The summed E-state index contributed by atoms with van der Waals surface area (Å²) in [6.07, 6.45) is 0. The normalized spacial score (nSPS) is 11.8. The molecule has 0 aliphatic carbocycles. The fourth-order valence-electron chi connectivity index (χ4n) is 2.06. The first kappa shape index (κ1) is 16.0. The molecule has 0 radical (unpaired) electrons. The molecule has 0 saturated heterocycles. The van der Waals surface area contributed by atoms with Gasteiger partial charge in [0.2, 0.25) is 10.0 Å². The Hall–Kier alpha value is -1.36. The van der Waals surface area contributed by atoms with Gasteiger partial charge in [0.15, 0.2) is 0 Å². The molecule has 0 N–H and O–H groups in total. The summed E-state index contributed by atoms with van der Waals surface area (Å²) in [5.41, 5.74) is 2.79. The molecule has 0 atom stereocenters. The lowest BCUT2D eigenvalue weighted by Gasteiger charge is -2.18. The summed E-state index contributed by atoms with van der Waals surface area (Å²) in [5.74, 6) is 0.303. The molecule has 2 aromatic rings. The van der Waals surface area contributed by atoms with Crippen molar-refractivity contribution >= 4 is 21.6 Å². The van der Waals surface area contributed by atoms with Gasteiger partial charge in [0.05, 0.1) is 4.90 Å². The second-order valence-electron chi connectivity index (χ2n) is 4.97. The van der Waals surface area contributed by atoms with Gasteiger partial charge in [-0.25, -0.2) is 8.42 Å². The van der Waals surface area contributed by atoms with Crippen molar-refractivity contribution in [3.05, 3.63) is 65.2 Å². The summed E-state index contributed by atoms with van der Waals surface area (Å²) >= 11 is 5.86. The molecule has 0 aromatic heterocycles. The molecule has 0 aliphatic rings. The minimum atomic E-state index is -3.51. The molecule has 0 fully saturated rings. The largest absolute Gasteiger partial charge is 0.243 e. The molecule has 0 unspecified atom stereocenters. The molecule has 0 saturated carbocycles. The van der Waals surface area contributed by atoms with Crippen molar-refractivity contribution in [2.24, 2.45) is 0 Å². The van der Waals surface area contributed by atoms with Crippen LogP contribution in [0.1, 0.15) is 16.7 Å². The maximum atomic E-state index is 12.6. The van der Waals surface area contributed by atoms with Crippen LogP contribution in [0.5, 0.6) is 0 Å². The standard InChI is InChI=1S/C16H18ClNO2S/c1-13-8-9-16(10-15(13)11-17)21(19,20)18(2)12-14-6-4-3-5-7-14/h3-10H,11-12H2,1-2H3. The second-order valence-corrected chi connectivity index (χ2v) is 7.28. The van der Waals surface area contributed by atoms with E-state index >= 15 is 0 Å². The molecular formula is C16H18ClNO2S. The van der Waals surface area contributed by atoms with E-state index in [2.05, 4.69) is 0 Å². The highest BCUT2D eigenvalue weighted by atomic mass is 35.5. The van der Waals surface area contributed by atoms with Crippen molar-refractivity contribution in [2.45, 2.75) is 24.2 Å². The zero-order valence-electron chi connectivity index (χ0n) is 12.1. The first-order valence-electron chi connectivity index (χ1n) is 6.61. The minimum absolute atomic E-state index is 0.280. The van der Waals surface area contributed by atoms with Crippen molar-refractivity contribution < 1.29 is 8.42 Å². The van der Waals surface area contributed by atoms with Gasteiger partial charge < -0.3 is 0 Å². The number of halogens is 1. The average molecular weight is 324 g/mol. The molecule has 2 rings (SSSR count). The lowest BCUT2D eigenvalue weighted by molar-refractivity contribution is 0.466. The van der Waals surface area contributed by atoms with E-state index in [1.165, 1.54) is 4.31 Å². The van der Waals surface area contributed by atoms with Crippen molar-refractivity contribution in [1.29, 1.82) is 0 Å². The summed E-state index contributed by atoms with van der Waals surface area (Å²) in [6.45, 7) is 2.26. The van der Waals surface area contributed by atoms with Crippen LogP contribution in [0.3, 0.4) is 0 Å². The van der Waals surface area contributed by atoms with Gasteiger partial charge in [-0.2, -0.15) is 4.31 Å². The zero-order chi connectivity index (χ0) is 15.5. The summed E-state index contributed by atoms with van der Waals surface area (Å²) in [5, 5.41) is 0. The molecule has 0 amide bonds. The van der Waals surface area contributed by atoms with Crippen molar-refractivity contribution in [3.63, 3.8) is 0 Å². The van der Waals surface area contributed by atoms with Crippen molar-refractivity contribution in [1.82, 2.24) is 4.31 Å². The molecule has 112 valence electrons. The number of alkyl halides is 1. The third-order valence-electron chi connectivity index (χ3n) is 3.42. The van der Waals surface area contributed by atoms with Gasteiger partial charge in [0.1, 0.15) is 0 Å². The SMILES string of the molecule is Cc1ccc(S(=O)(=O)N(C)Cc2ccccc2)cc1CCl. The van der Waals surface area contributed by atoms with E-state index in [0.717, 1.165) is 16.7 Å². The highest BCUT2D eigenvalue weighted by molar-refractivity contribution is 7.89. The molecular weight excluding hydrogens is 306 g/mol. The monoisotopic (exact) mass is 323 g/mol. The molecule has 0 heterocycles. The first-order valence-corrected chi connectivity index (χ1v) is 8.58. The van der Waals surface area contributed by atoms with E-state index in [4.69, 9.17) is 11.6 Å².